The van der Waals surface area contributed by atoms with Gasteiger partial charge in [0.15, 0.2) is 0 Å². The Morgan fingerprint density at radius 2 is 0.167 bits per heavy atom. The van der Waals surface area contributed by atoms with Gasteiger partial charge in [0.1, 0.15) is 0 Å². The molecular formula is F6Si12-6. The molecule has 0 spiro atoms. The Morgan fingerprint density at radius 1 is 0.167 bits per heavy atom. The Balaban J connectivity index is -0.00000000225. The fourth-order valence-electron chi connectivity index (χ4n) is 0. The Kier molecular flexibility index (Phi) is 8200. The molecule has 0 fully saturated rings. The van der Waals surface area contributed by atoms with Gasteiger partial charge in [-0.3, -0.25) is 0 Å². The molecule has 0 aromatic rings. The van der Waals surface area contributed by atoms with Gasteiger partial charge in [-0.1, -0.05) is 0 Å². The maximum Gasteiger partial charge on any atom is 0 e. The molecule has 96 valence electrons. The number of hydrogen-bond donors (Lipinski definition) is 0. The normalized spacial score (nSPS) is 2.00. The zero-order valence-electron chi connectivity index (χ0n) is 8.27. The molecule has 0 rings (SSSR count). The smallest absolute Gasteiger partial charge is 0 e. The van der Waals surface area contributed by atoms with Gasteiger partial charge in [0.2, 0.25) is 0 Å². The van der Waals surface area contributed by atoms with Gasteiger partial charge in [0.05, 0.1) is 0 Å². The number of hydrogen-bond acceptors (Lipinski definition) is 0. The summed E-state index contributed by atoms with van der Waals surface area (Å²) in [6.07, 6.45) is 0. The molecule has 0 aliphatic carbocycles. The van der Waals surface area contributed by atoms with Crippen molar-refractivity contribution in [3.8, 4) is 0 Å². The first-order chi connectivity index (χ1) is 6.00. The largest absolute Gasteiger partial charge is 1.00 e. The summed E-state index contributed by atoms with van der Waals surface area (Å²) in [5.41, 5.74) is 0. The summed E-state index contributed by atoms with van der Waals surface area (Å²) in [5.74, 6) is 0. The van der Waals surface area contributed by atoms with E-state index in [1.54, 1.807) is 0 Å². The van der Waals surface area contributed by atoms with E-state index < -0.39 is 0 Å². The van der Waals surface area contributed by atoms with Gasteiger partial charge in [0.25, 0.3) is 0 Å². The van der Waals surface area contributed by atoms with Crippen LogP contribution >= 0.6 is 0 Å². The van der Waals surface area contributed by atoms with Crippen LogP contribution in [-0.4, -0.2) is 117 Å². The third-order valence-corrected chi connectivity index (χ3v) is 0. The SMILES string of the molecule is [F-].[F-].[F-].[F-].[F-].[F-].[Si][Si].[Si][Si].[Si][Si].[Si][Si].[Si][Si].[Si][Si]. The molecule has 0 aromatic heterocycles. The number of rotatable bonds is 0. The molecule has 0 saturated heterocycles. The minimum Gasteiger partial charge on any atom is -1.00 e. The molecule has 0 unspecified atom stereocenters. The average Bonchev–Trinajstić information content (AvgIpc) is 2.33. The first-order valence-electron chi connectivity index (χ1n) is 1.50. The molecule has 0 atom stereocenters. The van der Waals surface area contributed by atoms with E-state index in [1.165, 1.54) is 0 Å². The molecule has 36 radical (unpaired) electrons. The van der Waals surface area contributed by atoms with Crippen molar-refractivity contribution in [1.82, 2.24) is 0 Å². The lowest BCUT2D eigenvalue weighted by molar-refractivity contribution is -0.00100. The van der Waals surface area contributed by atoms with Crippen LogP contribution in [0.3, 0.4) is 0 Å². The van der Waals surface area contributed by atoms with E-state index in [0.29, 0.717) is 0 Å². The second-order valence-electron chi connectivity index (χ2n) is 0. The quantitative estimate of drug-likeness (QED) is 0.254. The van der Waals surface area contributed by atoms with Crippen LogP contribution in [0.2, 0.25) is 0 Å². The summed E-state index contributed by atoms with van der Waals surface area (Å²) in [6, 6.07) is 0. The Bertz CT molecular complexity index is 16.5. The van der Waals surface area contributed by atoms with E-state index in [9.17, 15) is 0 Å². The van der Waals surface area contributed by atoms with E-state index in [-0.39, 0.29) is 28.2 Å². The molecule has 0 nitrogen and oxygen atoms in total. The highest BCUT2D eigenvalue weighted by atomic mass is 29.1. The first kappa shape index (κ1) is 111. The van der Waals surface area contributed by atoms with E-state index in [0.717, 1.165) is 0 Å². The molecule has 18 heavy (non-hydrogen) atoms. The van der Waals surface area contributed by atoms with Crippen LogP contribution in [0, 0.1) is 0 Å². The van der Waals surface area contributed by atoms with E-state index >= 15 is 0 Å². The topological polar surface area (TPSA) is 0 Å². The zero-order chi connectivity index (χ0) is 12.0. The molecule has 0 heterocycles. The lowest BCUT2D eigenvalue weighted by Gasteiger charge is -1.00. The molecule has 0 N–H and O–H groups in total. The standard InChI is InChI=1S/6FH.6Si2/c;;;;;;6*1-2/h6*1H;;;;;;/p-6. The fraction of sp³-hybridized carbons (Fsp3) is 0. The van der Waals surface area contributed by atoms with Crippen molar-refractivity contribution in [3.63, 3.8) is 0 Å². The van der Waals surface area contributed by atoms with Crippen molar-refractivity contribution in [3.05, 3.63) is 0 Å². The zero-order valence-corrected chi connectivity index (χ0v) is 20.3. The Labute approximate surface area is 145 Å². The van der Waals surface area contributed by atoms with Crippen LogP contribution in [0.5, 0.6) is 0 Å². The van der Waals surface area contributed by atoms with Gasteiger partial charge in [-0.2, -0.15) is 0 Å². The Hall–Kier alpha value is 2.18. The van der Waals surface area contributed by atoms with Gasteiger partial charge < -0.3 is 28.2 Å². The predicted molar refractivity (Wildman–Crippen MR) is 69.0 cm³/mol. The lowest BCUT2D eigenvalue weighted by atomic mass is 19.0. The Morgan fingerprint density at radius 3 is 0.167 bits per heavy atom. The van der Waals surface area contributed by atoms with Crippen LogP contribution in [0.25, 0.3) is 0 Å². The third kappa shape index (κ3) is 1130. The maximum atomic E-state index is 2.78. The van der Waals surface area contributed by atoms with Crippen LogP contribution in [0.4, 0.5) is 0 Å². The van der Waals surface area contributed by atoms with E-state index in [2.05, 4.69) is 117 Å². The van der Waals surface area contributed by atoms with Gasteiger partial charge in [-0.15, -0.1) is 0 Å². The van der Waals surface area contributed by atoms with E-state index in [4.69, 9.17) is 0 Å². The van der Waals surface area contributed by atoms with Crippen LogP contribution in [0.15, 0.2) is 0 Å². The molecule has 18 heteroatoms. The maximum absolute atomic E-state index is 2.78. The van der Waals surface area contributed by atoms with Gasteiger partial charge in [0, 0.05) is 117 Å². The van der Waals surface area contributed by atoms with Gasteiger partial charge in [-0.05, 0) is 0 Å². The van der Waals surface area contributed by atoms with Crippen molar-refractivity contribution in [2.75, 3.05) is 0 Å². The highest BCUT2D eigenvalue weighted by molar-refractivity contribution is 6.76. The third-order valence-electron chi connectivity index (χ3n) is 0. The van der Waals surface area contributed by atoms with Crippen molar-refractivity contribution in [1.29, 1.82) is 0 Å². The summed E-state index contributed by atoms with van der Waals surface area (Å²) in [6.45, 7) is 0. The van der Waals surface area contributed by atoms with Crippen LogP contribution in [-0.2, 0) is 0 Å². The second-order valence-corrected chi connectivity index (χ2v) is 0. The molecule has 0 aliphatic rings. The van der Waals surface area contributed by atoms with Crippen LogP contribution in [0.1, 0.15) is 0 Å². The fourth-order valence-corrected chi connectivity index (χ4v) is 0. The van der Waals surface area contributed by atoms with Crippen LogP contribution < -0.4 is 28.2 Å². The molecule has 0 aliphatic heterocycles. The summed E-state index contributed by atoms with van der Waals surface area (Å²) in [5, 5.41) is 0. The van der Waals surface area contributed by atoms with Crippen molar-refractivity contribution < 1.29 is 28.2 Å². The molecule has 0 bridgehead atoms. The average molecular weight is 451 g/mol. The summed E-state index contributed by atoms with van der Waals surface area (Å²) in [7, 11) is 33.3. The summed E-state index contributed by atoms with van der Waals surface area (Å²) in [4.78, 5) is 0. The number of halogens is 6. The predicted octanol–water partition coefficient (Wildman–Crippen LogP) is -22.5. The molecule has 0 aromatic carbocycles. The first-order valence-corrected chi connectivity index (χ1v) is 13.5. The summed E-state index contributed by atoms with van der Waals surface area (Å²) < 4.78 is 0. The highest BCUT2D eigenvalue weighted by Gasteiger charge is 1.01. The second kappa shape index (κ2) is 1330. The van der Waals surface area contributed by atoms with Crippen molar-refractivity contribution in [2.45, 2.75) is 0 Å². The van der Waals surface area contributed by atoms with E-state index in [1.807, 2.05) is 0 Å². The molecule has 0 saturated carbocycles. The lowest BCUT2D eigenvalue weighted by Crippen LogP contribution is -3.00. The molecular weight excluding hydrogens is 451 g/mol. The van der Waals surface area contributed by atoms with Crippen molar-refractivity contribution >= 4 is 117 Å². The monoisotopic (exact) mass is 450 g/mol. The minimum absolute atomic E-state index is 0. The minimum atomic E-state index is 0. The van der Waals surface area contributed by atoms with Gasteiger partial charge >= 0.3 is 0 Å². The highest BCUT2D eigenvalue weighted by Crippen LogP contribution is 0.629. The van der Waals surface area contributed by atoms with Crippen molar-refractivity contribution in [2.24, 2.45) is 0 Å². The van der Waals surface area contributed by atoms with Gasteiger partial charge in [-0.25, -0.2) is 0 Å². The molecule has 0 amide bonds. The summed E-state index contributed by atoms with van der Waals surface area (Å²) >= 11 is 0.